The van der Waals surface area contributed by atoms with Crippen molar-refractivity contribution >= 4 is 11.6 Å². The van der Waals surface area contributed by atoms with Gasteiger partial charge in [-0.3, -0.25) is 5.10 Å². The van der Waals surface area contributed by atoms with E-state index in [1.165, 1.54) is 12.4 Å². The summed E-state index contributed by atoms with van der Waals surface area (Å²) in [5, 5.41) is 19.1. The van der Waals surface area contributed by atoms with Crippen molar-refractivity contribution < 1.29 is 9.47 Å². The molecule has 1 aliphatic rings. The van der Waals surface area contributed by atoms with Crippen molar-refractivity contribution in [2.24, 2.45) is 5.73 Å². The van der Waals surface area contributed by atoms with Gasteiger partial charge in [0.15, 0.2) is 11.5 Å². The molecule has 10 heteroatoms. The number of aromatic nitrogens is 5. The van der Waals surface area contributed by atoms with Crippen LogP contribution in [0.25, 0.3) is 11.3 Å². The lowest BCUT2D eigenvalue weighted by Gasteiger charge is -2.33. The lowest BCUT2D eigenvalue weighted by atomic mass is 9.90. The molecule has 1 aliphatic carbocycles. The molecule has 3 heterocycles. The van der Waals surface area contributed by atoms with Crippen LogP contribution in [-0.2, 0) is 0 Å². The molecule has 0 atom stereocenters. The summed E-state index contributed by atoms with van der Waals surface area (Å²) in [7, 11) is 1.57. The maximum absolute atomic E-state index is 8.81. The number of nitrogens with zero attached hydrogens (tertiary/aromatic N) is 5. The summed E-state index contributed by atoms with van der Waals surface area (Å²) in [4.78, 5) is 12.6. The molecule has 3 aromatic rings. The number of hydrogen-bond acceptors (Lipinski definition) is 9. The predicted octanol–water partition coefficient (Wildman–Crippen LogP) is 2.06. The first kappa shape index (κ1) is 18.6. The van der Waals surface area contributed by atoms with E-state index in [0.29, 0.717) is 34.5 Å². The molecule has 0 saturated heterocycles. The van der Waals surface area contributed by atoms with Gasteiger partial charge in [-0.2, -0.15) is 10.4 Å². The highest BCUT2D eigenvalue weighted by Crippen LogP contribution is 2.39. The number of aromatic amines is 1. The summed E-state index contributed by atoms with van der Waals surface area (Å²) in [6, 6.07) is 5.79. The van der Waals surface area contributed by atoms with E-state index in [2.05, 4.69) is 30.5 Å². The molecule has 0 amide bonds. The quantitative estimate of drug-likeness (QED) is 0.573. The molecule has 148 valence electrons. The lowest BCUT2D eigenvalue weighted by molar-refractivity contribution is 0.101. The Morgan fingerprint density at radius 2 is 2.07 bits per heavy atom. The summed E-state index contributed by atoms with van der Waals surface area (Å²) < 4.78 is 11.7. The second-order valence-corrected chi connectivity index (χ2v) is 6.81. The predicted molar refractivity (Wildman–Crippen MR) is 105 cm³/mol. The van der Waals surface area contributed by atoms with Crippen LogP contribution in [0.2, 0.25) is 0 Å². The number of H-pyrrole nitrogens is 1. The van der Waals surface area contributed by atoms with E-state index in [-0.39, 0.29) is 17.8 Å². The number of methoxy groups -OCH3 is 1. The second kappa shape index (κ2) is 7.73. The molecule has 0 aliphatic heterocycles. The largest absolute Gasteiger partial charge is 0.489 e. The average molecular weight is 392 g/mol. The van der Waals surface area contributed by atoms with E-state index >= 15 is 0 Å². The Kier molecular flexibility index (Phi) is 4.97. The van der Waals surface area contributed by atoms with Crippen molar-refractivity contribution in [2.45, 2.75) is 31.9 Å². The van der Waals surface area contributed by atoms with Crippen LogP contribution in [0.3, 0.4) is 0 Å². The van der Waals surface area contributed by atoms with E-state index in [0.717, 1.165) is 18.5 Å². The van der Waals surface area contributed by atoms with Crippen LogP contribution in [0, 0.1) is 18.3 Å². The fourth-order valence-corrected chi connectivity index (χ4v) is 3.08. The summed E-state index contributed by atoms with van der Waals surface area (Å²) >= 11 is 0. The highest BCUT2D eigenvalue weighted by atomic mass is 16.5. The number of rotatable bonds is 6. The third-order valence-electron chi connectivity index (χ3n) is 4.57. The van der Waals surface area contributed by atoms with Crippen LogP contribution in [0.5, 0.6) is 11.6 Å². The van der Waals surface area contributed by atoms with E-state index in [9.17, 15) is 0 Å². The standard InChI is InChI=1S/C19H20N8O2/c1-10-3-15(29-13-4-11(21)5-13)18(19(24-10)28-2)14-6-16(27-26-14)25-17-9-22-12(7-20)8-23-17/h3,6,8-9,11,13H,4-5,21H2,1-2H3,(H2,23,25,26,27). The molecular weight excluding hydrogens is 372 g/mol. The minimum atomic E-state index is 0.0738. The summed E-state index contributed by atoms with van der Waals surface area (Å²) in [5.41, 5.74) is 8.27. The molecule has 1 fully saturated rings. The SMILES string of the molecule is COc1nc(C)cc(OC2CC(N)C2)c1-c1cc(Nc2cnc(C#N)cn2)n[nH]1. The molecule has 4 N–H and O–H groups in total. The Balaban J connectivity index is 1.62. The third-order valence-corrected chi connectivity index (χ3v) is 4.57. The van der Waals surface area contributed by atoms with Crippen LogP contribution < -0.4 is 20.5 Å². The first-order valence-electron chi connectivity index (χ1n) is 9.08. The summed E-state index contributed by atoms with van der Waals surface area (Å²) in [6.07, 6.45) is 4.56. The van der Waals surface area contributed by atoms with Gasteiger partial charge in [-0.15, -0.1) is 0 Å². The van der Waals surface area contributed by atoms with Gasteiger partial charge >= 0.3 is 0 Å². The van der Waals surface area contributed by atoms with Crippen molar-refractivity contribution in [3.05, 3.63) is 35.9 Å². The Morgan fingerprint density at radius 1 is 1.24 bits per heavy atom. The number of anilines is 2. The second-order valence-electron chi connectivity index (χ2n) is 6.81. The zero-order chi connectivity index (χ0) is 20.4. The molecule has 1 saturated carbocycles. The Morgan fingerprint density at radius 3 is 2.72 bits per heavy atom. The number of hydrogen-bond donors (Lipinski definition) is 3. The van der Waals surface area contributed by atoms with Crippen molar-refractivity contribution in [1.29, 1.82) is 5.26 Å². The zero-order valence-electron chi connectivity index (χ0n) is 16.0. The summed E-state index contributed by atoms with van der Waals surface area (Å²) in [6.45, 7) is 1.88. The molecule has 0 radical (unpaired) electrons. The molecule has 29 heavy (non-hydrogen) atoms. The first-order valence-corrected chi connectivity index (χ1v) is 9.08. The molecule has 10 nitrogen and oxygen atoms in total. The van der Waals surface area contributed by atoms with Gasteiger partial charge in [-0.05, 0) is 19.8 Å². The average Bonchev–Trinajstić information content (AvgIpc) is 3.14. The van der Waals surface area contributed by atoms with E-state index < -0.39 is 0 Å². The fourth-order valence-electron chi connectivity index (χ4n) is 3.08. The van der Waals surface area contributed by atoms with E-state index in [1.807, 2.05) is 19.1 Å². The normalized spacial score (nSPS) is 17.9. The van der Waals surface area contributed by atoms with Crippen LogP contribution in [-0.4, -0.2) is 44.4 Å². The van der Waals surface area contributed by atoms with Gasteiger partial charge < -0.3 is 20.5 Å². The highest BCUT2D eigenvalue weighted by Gasteiger charge is 2.29. The van der Waals surface area contributed by atoms with Gasteiger partial charge in [0.05, 0.1) is 25.2 Å². The number of aryl methyl sites for hydroxylation is 1. The minimum absolute atomic E-state index is 0.0738. The molecule has 0 spiro atoms. The van der Waals surface area contributed by atoms with Crippen molar-refractivity contribution in [3.63, 3.8) is 0 Å². The highest BCUT2D eigenvalue weighted by molar-refractivity contribution is 5.75. The van der Waals surface area contributed by atoms with Crippen LogP contribution >= 0.6 is 0 Å². The van der Waals surface area contributed by atoms with Gasteiger partial charge in [0.1, 0.15) is 29.3 Å². The number of nitrogens with one attached hydrogen (secondary N) is 2. The summed E-state index contributed by atoms with van der Waals surface area (Å²) in [5.74, 6) is 2.10. The molecule has 3 aromatic heterocycles. The number of pyridine rings is 1. The third kappa shape index (κ3) is 3.95. The van der Waals surface area contributed by atoms with Gasteiger partial charge in [0.25, 0.3) is 0 Å². The van der Waals surface area contributed by atoms with Gasteiger partial charge in [-0.25, -0.2) is 15.0 Å². The van der Waals surface area contributed by atoms with Crippen LogP contribution in [0.4, 0.5) is 11.6 Å². The Bertz CT molecular complexity index is 1050. The van der Waals surface area contributed by atoms with Crippen molar-refractivity contribution in [3.8, 4) is 29.0 Å². The van der Waals surface area contributed by atoms with Crippen LogP contribution in [0.15, 0.2) is 24.5 Å². The molecule has 4 rings (SSSR count). The molecule has 0 unspecified atom stereocenters. The van der Waals surface area contributed by atoms with Crippen molar-refractivity contribution in [1.82, 2.24) is 25.1 Å². The Labute approximate surface area is 167 Å². The molecule has 0 aromatic carbocycles. The van der Waals surface area contributed by atoms with Crippen LogP contribution in [0.1, 0.15) is 24.2 Å². The van der Waals surface area contributed by atoms with E-state index in [4.69, 9.17) is 20.5 Å². The fraction of sp³-hybridized carbons (Fsp3) is 0.316. The zero-order valence-corrected chi connectivity index (χ0v) is 16.0. The Hall–Kier alpha value is -3.71. The molecule has 0 bridgehead atoms. The minimum Gasteiger partial charge on any atom is -0.489 e. The number of nitriles is 1. The lowest BCUT2D eigenvalue weighted by Crippen LogP contribution is -2.43. The molecular formula is C19H20N8O2. The van der Waals surface area contributed by atoms with Gasteiger partial charge in [0, 0.05) is 23.9 Å². The van der Waals surface area contributed by atoms with Gasteiger partial charge in [-0.1, -0.05) is 0 Å². The van der Waals surface area contributed by atoms with Crippen molar-refractivity contribution in [2.75, 3.05) is 12.4 Å². The first-order chi connectivity index (χ1) is 14.1. The maximum atomic E-state index is 8.81. The monoisotopic (exact) mass is 392 g/mol. The van der Waals surface area contributed by atoms with Gasteiger partial charge in [0.2, 0.25) is 5.88 Å². The smallest absolute Gasteiger partial charge is 0.226 e. The topological polar surface area (TPSA) is 148 Å². The maximum Gasteiger partial charge on any atom is 0.226 e. The van der Waals surface area contributed by atoms with E-state index in [1.54, 1.807) is 13.2 Å². The number of ether oxygens (including phenoxy) is 2. The number of nitrogens with two attached hydrogens (primary N) is 1.